The molecule has 108 valence electrons. The zero-order chi connectivity index (χ0) is 14.0. The Labute approximate surface area is 119 Å². The van der Waals surface area contributed by atoms with Gasteiger partial charge in [0.25, 0.3) is 0 Å². The molecule has 0 spiro atoms. The molecule has 1 aromatic heterocycles. The monoisotopic (exact) mass is 287 g/mol. The molecule has 1 aliphatic rings. The average molecular weight is 288 g/mol. The Morgan fingerprint density at radius 1 is 1.47 bits per heavy atom. The van der Waals surface area contributed by atoms with Crippen LogP contribution in [0.3, 0.4) is 0 Å². The van der Waals surface area contributed by atoms with Crippen LogP contribution in [-0.4, -0.2) is 51.7 Å². The lowest BCUT2D eigenvalue weighted by molar-refractivity contribution is 0.0807. The van der Waals surface area contributed by atoms with Crippen LogP contribution in [0, 0.1) is 0 Å². The molecule has 19 heavy (non-hydrogen) atoms. The number of aromatic nitrogens is 2. The van der Waals surface area contributed by atoms with E-state index in [1.807, 2.05) is 7.05 Å². The molecule has 5 nitrogen and oxygen atoms in total. The molecule has 0 amide bonds. The molecule has 0 bridgehead atoms. The van der Waals surface area contributed by atoms with Crippen LogP contribution < -0.4 is 0 Å². The topological polar surface area (TPSA) is 50.5 Å². The summed E-state index contributed by atoms with van der Waals surface area (Å²) in [6.07, 6.45) is 0.442. The van der Waals surface area contributed by atoms with Gasteiger partial charge in [0.1, 0.15) is 5.15 Å². The zero-order valence-corrected chi connectivity index (χ0v) is 12.5. The highest BCUT2D eigenvalue weighted by Crippen LogP contribution is 2.24. The number of hydrogen-bond donors (Lipinski definition) is 1. The Balaban J connectivity index is 2.18. The summed E-state index contributed by atoms with van der Waals surface area (Å²) in [6.45, 7) is 6.71. The summed E-state index contributed by atoms with van der Waals surface area (Å²) in [5, 5.41) is 15.1. The summed E-state index contributed by atoms with van der Waals surface area (Å²) in [5.74, 6) is 0. The summed E-state index contributed by atoms with van der Waals surface area (Å²) in [7, 11) is 1.86. The predicted molar refractivity (Wildman–Crippen MR) is 74.3 cm³/mol. The SMILES string of the molecule is CCc1nn(C)c(Cl)c1CN(CC)[C@@H]1COC[C@H]1O. The van der Waals surface area contributed by atoms with E-state index in [0.717, 1.165) is 24.2 Å². The second-order valence-electron chi connectivity index (χ2n) is 4.93. The maximum atomic E-state index is 9.95. The van der Waals surface area contributed by atoms with Crippen molar-refractivity contribution in [2.24, 2.45) is 7.05 Å². The molecule has 1 fully saturated rings. The lowest BCUT2D eigenvalue weighted by Gasteiger charge is -2.28. The highest BCUT2D eigenvalue weighted by Gasteiger charge is 2.32. The highest BCUT2D eigenvalue weighted by molar-refractivity contribution is 6.30. The number of likely N-dealkylation sites (N-methyl/N-ethyl adjacent to an activating group) is 1. The van der Waals surface area contributed by atoms with Gasteiger partial charge < -0.3 is 9.84 Å². The molecule has 0 saturated carbocycles. The number of aryl methyl sites for hydroxylation is 2. The summed E-state index contributed by atoms with van der Waals surface area (Å²) in [4.78, 5) is 2.21. The number of aliphatic hydroxyl groups is 1. The fourth-order valence-electron chi connectivity index (χ4n) is 2.59. The second-order valence-corrected chi connectivity index (χ2v) is 5.29. The van der Waals surface area contributed by atoms with Crippen LogP contribution >= 0.6 is 11.6 Å². The van der Waals surface area contributed by atoms with Crippen molar-refractivity contribution in [3.05, 3.63) is 16.4 Å². The summed E-state index contributed by atoms with van der Waals surface area (Å²) < 4.78 is 7.05. The highest BCUT2D eigenvalue weighted by atomic mass is 35.5. The van der Waals surface area contributed by atoms with E-state index in [0.29, 0.717) is 24.9 Å². The quantitative estimate of drug-likeness (QED) is 0.885. The Morgan fingerprint density at radius 2 is 2.21 bits per heavy atom. The third kappa shape index (κ3) is 2.94. The fraction of sp³-hybridized carbons (Fsp3) is 0.769. The van der Waals surface area contributed by atoms with E-state index in [1.54, 1.807) is 4.68 Å². The molecule has 0 aromatic carbocycles. The minimum absolute atomic E-state index is 0.0472. The van der Waals surface area contributed by atoms with Gasteiger partial charge in [-0.15, -0.1) is 0 Å². The number of hydrogen-bond acceptors (Lipinski definition) is 4. The minimum Gasteiger partial charge on any atom is -0.389 e. The van der Waals surface area contributed by atoms with Crippen molar-refractivity contribution in [1.29, 1.82) is 0 Å². The van der Waals surface area contributed by atoms with E-state index >= 15 is 0 Å². The molecule has 1 aromatic rings. The standard InChI is InChI=1S/C13H22ClN3O2/c1-4-10-9(13(14)16(3)15-10)6-17(5-2)11-7-19-8-12(11)18/h11-12,18H,4-8H2,1-3H3/t11-,12-/m1/s1. The van der Waals surface area contributed by atoms with Crippen LogP contribution in [0.15, 0.2) is 0 Å². The van der Waals surface area contributed by atoms with Crippen molar-refractivity contribution in [3.8, 4) is 0 Å². The molecule has 0 aliphatic carbocycles. The largest absolute Gasteiger partial charge is 0.389 e. The predicted octanol–water partition coefficient (Wildman–Crippen LogP) is 1.22. The molecular formula is C13H22ClN3O2. The fourth-order valence-corrected chi connectivity index (χ4v) is 2.79. The first-order valence-electron chi connectivity index (χ1n) is 6.78. The Bertz CT molecular complexity index is 436. The Hall–Kier alpha value is -0.620. The van der Waals surface area contributed by atoms with Gasteiger partial charge in [-0.25, -0.2) is 0 Å². The van der Waals surface area contributed by atoms with Gasteiger partial charge in [0.05, 0.1) is 31.1 Å². The van der Waals surface area contributed by atoms with Crippen LogP contribution in [0.4, 0.5) is 0 Å². The van der Waals surface area contributed by atoms with Crippen LogP contribution in [-0.2, 0) is 24.8 Å². The van der Waals surface area contributed by atoms with Gasteiger partial charge in [0, 0.05) is 19.2 Å². The number of rotatable bonds is 5. The molecule has 6 heteroatoms. The first kappa shape index (κ1) is 14.8. The van der Waals surface area contributed by atoms with Crippen LogP contribution in [0.25, 0.3) is 0 Å². The first-order chi connectivity index (χ1) is 9.08. The normalized spacial score (nSPS) is 23.5. The minimum atomic E-state index is -0.416. The number of nitrogens with zero attached hydrogens (tertiary/aromatic N) is 3. The zero-order valence-electron chi connectivity index (χ0n) is 11.8. The van der Waals surface area contributed by atoms with E-state index in [4.69, 9.17) is 16.3 Å². The van der Waals surface area contributed by atoms with E-state index < -0.39 is 6.10 Å². The summed E-state index contributed by atoms with van der Waals surface area (Å²) in [5.41, 5.74) is 2.09. The van der Waals surface area contributed by atoms with E-state index in [-0.39, 0.29) is 6.04 Å². The van der Waals surface area contributed by atoms with Crippen molar-refractivity contribution in [2.75, 3.05) is 19.8 Å². The van der Waals surface area contributed by atoms with E-state index in [9.17, 15) is 5.11 Å². The van der Waals surface area contributed by atoms with Crippen LogP contribution in [0.5, 0.6) is 0 Å². The smallest absolute Gasteiger partial charge is 0.131 e. The number of ether oxygens (including phenoxy) is 1. The van der Waals surface area contributed by atoms with Crippen molar-refractivity contribution < 1.29 is 9.84 Å². The van der Waals surface area contributed by atoms with Gasteiger partial charge >= 0.3 is 0 Å². The van der Waals surface area contributed by atoms with Gasteiger partial charge in [-0.2, -0.15) is 5.10 Å². The summed E-state index contributed by atoms with van der Waals surface area (Å²) >= 11 is 6.32. The van der Waals surface area contributed by atoms with Crippen molar-refractivity contribution in [3.63, 3.8) is 0 Å². The molecule has 1 N–H and O–H groups in total. The third-order valence-electron chi connectivity index (χ3n) is 3.74. The van der Waals surface area contributed by atoms with Gasteiger partial charge in [-0.1, -0.05) is 25.4 Å². The number of halogens is 1. The van der Waals surface area contributed by atoms with Crippen LogP contribution in [0.1, 0.15) is 25.1 Å². The Morgan fingerprint density at radius 3 is 2.74 bits per heavy atom. The molecule has 2 rings (SSSR count). The lowest BCUT2D eigenvalue weighted by Crippen LogP contribution is -2.42. The third-order valence-corrected chi connectivity index (χ3v) is 4.22. The second kappa shape index (κ2) is 6.22. The number of aliphatic hydroxyl groups excluding tert-OH is 1. The molecule has 2 heterocycles. The maximum Gasteiger partial charge on any atom is 0.131 e. The van der Waals surface area contributed by atoms with Crippen molar-refractivity contribution >= 4 is 11.6 Å². The summed E-state index contributed by atoms with van der Waals surface area (Å²) in [6, 6.07) is 0.0472. The van der Waals surface area contributed by atoms with Crippen LogP contribution in [0.2, 0.25) is 5.15 Å². The molecule has 1 saturated heterocycles. The maximum absolute atomic E-state index is 9.95. The van der Waals surface area contributed by atoms with Gasteiger partial charge in [-0.05, 0) is 13.0 Å². The molecule has 0 radical (unpaired) electrons. The van der Waals surface area contributed by atoms with Crippen molar-refractivity contribution in [2.45, 2.75) is 39.0 Å². The van der Waals surface area contributed by atoms with Gasteiger partial charge in [0.15, 0.2) is 0 Å². The molecule has 0 unspecified atom stereocenters. The first-order valence-corrected chi connectivity index (χ1v) is 7.16. The van der Waals surface area contributed by atoms with Crippen molar-refractivity contribution in [1.82, 2.24) is 14.7 Å². The van der Waals surface area contributed by atoms with Gasteiger partial charge in [-0.3, -0.25) is 9.58 Å². The Kier molecular flexibility index (Phi) is 4.84. The molecule has 1 aliphatic heterocycles. The van der Waals surface area contributed by atoms with Gasteiger partial charge in [0.2, 0.25) is 0 Å². The molecule has 2 atom stereocenters. The molecular weight excluding hydrogens is 266 g/mol. The lowest BCUT2D eigenvalue weighted by atomic mass is 10.1. The van der Waals surface area contributed by atoms with E-state index in [2.05, 4.69) is 23.8 Å². The van der Waals surface area contributed by atoms with E-state index in [1.165, 1.54) is 0 Å². The average Bonchev–Trinajstić information content (AvgIpc) is 2.93.